The van der Waals surface area contributed by atoms with Crippen molar-refractivity contribution in [1.82, 2.24) is 5.32 Å². The molecule has 0 aromatic heterocycles. The van der Waals surface area contributed by atoms with Crippen molar-refractivity contribution in [2.75, 3.05) is 6.54 Å². The monoisotopic (exact) mass is 329 g/mol. The number of benzene rings is 2. The van der Waals surface area contributed by atoms with E-state index in [9.17, 15) is 9.90 Å². The van der Waals surface area contributed by atoms with Gasteiger partial charge in [0.15, 0.2) is 0 Å². The van der Waals surface area contributed by atoms with Gasteiger partial charge in [-0.15, -0.1) is 0 Å². The fraction of sp³-hybridized carbons (Fsp3) is 0.316. The predicted octanol–water partition coefficient (Wildman–Crippen LogP) is 3.22. The molecule has 0 saturated heterocycles. The van der Waals surface area contributed by atoms with Gasteiger partial charge in [0, 0.05) is 11.4 Å². The molecular weight excluding hydrogens is 310 g/mol. The molecule has 2 aromatic rings. The third-order valence-corrected chi connectivity index (χ3v) is 4.67. The van der Waals surface area contributed by atoms with Gasteiger partial charge in [0.25, 0.3) is 0 Å². The average Bonchev–Trinajstić information content (AvgIpc) is 2.89. The number of hydrogen-bond donors (Lipinski definition) is 2. The van der Waals surface area contributed by atoms with Crippen molar-refractivity contribution < 1.29 is 9.90 Å². The molecule has 2 N–H and O–H groups in total. The number of carbonyl (C=O) groups is 1. The van der Waals surface area contributed by atoms with E-state index in [2.05, 4.69) is 5.32 Å². The number of hydrogen-bond acceptors (Lipinski definition) is 2. The summed E-state index contributed by atoms with van der Waals surface area (Å²) < 4.78 is 0. The van der Waals surface area contributed by atoms with Gasteiger partial charge in [0.05, 0.1) is 6.54 Å². The molecule has 0 radical (unpaired) electrons. The minimum absolute atomic E-state index is 0.0530. The molecule has 2 aromatic carbocycles. The smallest absolute Gasteiger partial charge is 0.220 e. The first-order chi connectivity index (χ1) is 11.1. The summed E-state index contributed by atoms with van der Waals surface area (Å²) >= 11 is 5.94. The van der Waals surface area contributed by atoms with Crippen LogP contribution in [0.2, 0.25) is 5.02 Å². The number of fused-ring (bicyclic) bond motifs is 1. The molecule has 0 heterocycles. The summed E-state index contributed by atoms with van der Waals surface area (Å²) in [5.41, 5.74) is 2.21. The van der Waals surface area contributed by atoms with Crippen LogP contribution in [0, 0.1) is 0 Å². The van der Waals surface area contributed by atoms with E-state index >= 15 is 0 Å². The Bertz CT molecular complexity index is 716. The lowest BCUT2D eigenvalue weighted by Crippen LogP contribution is -2.39. The Morgan fingerprint density at radius 1 is 1.22 bits per heavy atom. The number of aryl methyl sites for hydroxylation is 2. The van der Waals surface area contributed by atoms with Crippen LogP contribution in [0.3, 0.4) is 0 Å². The normalized spacial score (nSPS) is 19.4. The van der Waals surface area contributed by atoms with Crippen molar-refractivity contribution in [2.45, 2.75) is 31.3 Å². The molecule has 0 fully saturated rings. The van der Waals surface area contributed by atoms with E-state index in [1.165, 1.54) is 5.56 Å². The Morgan fingerprint density at radius 2 is 2.04 bits per heavy atom. The summed E-state index contributed by atoms with van der Waals surface area (Å²) in [6.07, 6.45) is 2.53. The van der Waals surface area contributed by atoms with Gasteiger partial charge in [-0.1, -0.05) is 48.0 Å². The molecule has 0 aliphatic heterocycles. The second-order valence-corrected chi connectivity index (χ2v) is 6.53. The van der Waals surface area contributed by atoms with E-state index in [1.807, 2.05) is 48.5 Å². The maximum absolute atomic E-state index is 12.1. The van der Waals surface area contributed by atoms with E-state index in [-0.39, 0.29) is 12.5 Å². The van der Waals surface area contributed by atoms with Crippen LogP contribution in [0.25, 0.3) is 0 Å². The zero-order valence-corrected chi connectivity index (χ0v) is 13.6. The highest BCUT2D eigenvalue weighted by Crippen LogP contribution is 2.36. The largest absolute Gasteiger partial charge is 0.383 e. The maximum Gasteiger partial charge on any atom is 0.220 e. The highest BCUT2D eigenvalue weighted by atomic mass is 35.5. The van der Waals surface area contributed by atoms with Gasteiger partial charge < -0.3 is 10.4 Å². The van der Waals surface area contributed by atoms with Crippen molar-refractivity contribution in [1.29, 1.82) is 0 Å². The summed E-state index contributed by atoms with van der Waals surface area (Å²) in [6.45, 7) is 0.262. The number of rotatable bonds is 5. The van der Waals surface area contributed by atoms with E-state index in [4.69, 9.17) is 11.6 Å². The molecule has 1 aliphatic carbocycles. The van der Waals surface area contributed by atoms with E-state index < -0.39 is 5.60 Å². The molecule has 1 unspecified atom stereocenters. The van der Waals surface area contributed by atoms with Crippen LogP contribution in [0.5, 0.6) is 0 Å². The molecule has 120 valence electrons. The molecular formula is C19H20ClNO2. The standard InChI is InChI=1S/C19H20ClNO2/c20-16-6-3-4-14(12-16)8-9-18(22)21-13-19(23)11-10-15-5-1-2-7-17(15)19/h1-7,12,23H,8-11,13H2,(H,21,22). The van der Waals surface area contributed by atoms with Gasteiger partial charge in [-0.25, -0.2) is 0 Å². The van der Waals surface area contributed by atoms with Gasteiger partial charge in [0.1, 0.15) is 5.60 Å². The molecule has 0 saturated carbocycles. The Morgan fingerprint density at radius 3 is 2.87 bits per heavy atom. The van der Waals surface area contributed by atoms with Gasteiger partial charge in [-0.05, 0) is 48.1 Å². The van der Waals surface area contributed by atoms with Gasteiger partial charge in [-0.3, -0.25) is 4.79 Å². The second kappa shape index (κ2) is 6.73. The Hall–Kier alpha value is -1.84. The van der Waals surface area contributed by atoms with E-state index in [0.717, 1.165) is 17.5 Å². The van der Waals surface area contributed by atoms with Crippen molar-refractivity contribution >= 4 is 17.5 Å². The Kier molecular flexibility index (Phi) is 4.69. The first kappa shape index (κ1) is 16.0. The lowest BCUT2D eigenvalue weighted by atomic mass is 9.96. The summed E-state index contributed by atoms with van der Waals surface area (Å²) in [7, 11) is 0. The SMILES string of the molecule is O=C(CCc1cccc(Cl)c1)NCC1(O)CCc2ccccc21. The second-order valence-electron chi connectivity index (χ2n) is 6.10. The predicted molar refractivity (Wildman–Crippen MR) is 91.4 cm³/mol. The van der Waals surface area contributed by atoms with Gasteiger partial charge >= 0.3 is 0 Å². The minimum Gasteiger partial charge on any atom is -0.383 e. The topological polar surface area (TPSA) is 49.3 Å². The fourth-order valence-corrected chi connectivity index (χ4v) is 3.35. The van der Waals surface area contributed by atoms with Gasteiger partial charge in [-0.2, -0.15) is 0 Å². The highest BCUT2D eigenvalue weighted by molar-refractivity contribution is 6.30. The molecule has 3 rings (SSSR count). The summed E-state index contributed by atoms with van der Waals surface area (Å²) in [4.78, 5) is 12.1. The van der Waals surface area contributed by atoms with Crippen LogP contribution in [-0.4, -0.2) is 17.6 Å². The lowest BCUT2D eigenvalue weighted by molar-refractivity contribution is -0.122. The van der Waals surface area contributed by atoms with Crippen molar-refractivity contribution in [2.24, 2.45) is 0 Å². The van der Waals surface area contributed by atoms with Crippen LogP contribution < -0.4 is 5.32 Å². The fourth-order valence-electron chi connectivity index (χ4n) is 3.14. The summed E-state index contributed by atoms with van der Waals surface area (Å²) in [6, 6.07) is 15.4. The minimum atomic E-state index is -0.942. The summed E-state index contributed by atoms with van der Waals surface area (Å²) in [5.74, 6) is -0.0530. The average molecular weight is 330 g/mol. The molecule has 1 aliphatic rings. The third kappa shape index (κ3) is 3.74. The van der Waals surface area contributed by atoms with Crippen LogP contribution >= 0.6 is 11.6 Å². The van der Waals surface area contributed by atoms with Crippen molar-refractivity contribution in [3.63, 3.8) is 0 Å². The number of aliphatic hydroxyl groups is 1. The molecule has 4 heteroatoms. The van der Waals surface area contributed by atoms with E-state index in [1.54, 1.807) is 0 Å². The van der Waals surface area contributed by atoms with Crippen LogP contribution in [0.4, 0.5) is 0 Å². The Labute approximate surface area is 141 Å². The first-order valence-electron chi connectivity index (χ1n) is 7.89. The summed E-state index contributed by atoms with van der Waals surface area (Å²) in [5, 5.41) is 14.3. The van der Waals surface area contributed by atoms with Crippen LogP contribution in [0.1, 0.15) is 29.5 Å². The zero-order chi connectivity index (χ0) is 16.3. The van der Waals surface area contributed by atoms with Crippen molar-refractivity contribution in [3.8, 4) is 0 Å². The molecule has 23 heavy (non-hydrogen) atoms. The van der Waals surface area contributed by atoms with Crippen molar-refractivity contribution in [3.05, 3.63) is 70.2 Å². The van der Waals surface area contributed by atoms with Gasteiger partial charge in [0.2, 0.25) is 5.91 Å². The lowest BCUT2D eigenvalue weighted by Gasteiger charge is -2.24. The quantitative estimate of drug-likeness (QED) is 0.885. The first-order valence-corrected chi connectivity index (χ1v) is 8.26. The molecule has 1 amide bonds. The number of amides is 1. The maximum atomic E-state index is 12.1. The van der Waals surface area contributed by atoms with Crippen LogP contribution in [-0.2, 0) is 23.2 Å². The third-order valence-electron chi connectivity index (χ3n) is 4.43. The Balaban J connectivity index is 1.53. The number of nitrogens with one attached hydrogen (secondary N) is 1. The zero-order valence-electron chi connectivity index (χ0n) is 12.9. The molecule has 3 nitrogen and oxygen atoms in total. The molecule has 1 atom stereocenters. The molecule has 0 spiro atoms. The van der Waals surface area contributed by atoms with Crippen LogP contribution in [0.15, 0.2) is 48.5 Å². The highest BCUT2D eigenvalue weighted by Gasteiger charge is 2.36. The molecule has 0 bridgehead atoms. The number of carbonyl (C=O) groups excluding carboxylic acids is 1. The van der Waals surface area contributed by atoms with E-state index in [0.29, 0.717) is 24.3 Å². The number of halogens is 1.